The molecule has 8 heteroatoms. The Morgan fingerprint density at radius 2 is 1.90 bits per heavy atom. The number of ketones is 1. The number of rotatable bonds is 4. The SMILES string of the molecule is CCOC(=O)c1cc(C)cc2sc3c(-c4ccc(Cl)cc4Cl)c(C(C)=O)c(=O)[nH]c3c12. The average molecular weight is 474 g/mol. The van der Waals surface area contributed by atoms with Crippen LogP contribution in [0.25, 0.3) is 31.4 Å². The van der Waals surface area contributed by atoms with Gasteiger partial charge in [0.15, 0.2) is 5.78 Å². The largest absolute Gasteiger partial charge is 0.462 e. The van der Waals surface area contributed by atoms with Crippen molar-refractivity contribution >= 4 is 66.6 Å². The highest BCUT2D eigenvalue weighted by Crippen LogP contribution is 2.43. The summed E-state index contributed by atoms with van der Waals surface area (Å²) < 4.78 is 6.68. The topological polar surface area (TPSA) is 76.2 Å². The van der Waals surface area contributed by atoms with Crippen LogP contribution in [0.3, 0.4) is 0 Å². The Bertz CT molecular complexity index is 1450. The summed E-state index contributed by atoms with van der Waals surface area (Å²) >= 11 is 13.9. The molecule has 4 aromatic rings. The second kappa shape index (κ2) is 8.11. The Kier molecular flexibility index (Phi) is 5.64. The van der Waals surface area contributed by atoms with E-state index in [4.69, 9.17) is 27.9 Å². The fourth-order valence-corrected chi connectivity index (χ4v) is 5.57. The van der Waals surface area contributed by atoms with Crippen molar-refractivity contribution in [2.24, 2.45) is 0 Å². The second-order valence-corrected chi connectivity index (χ2v) is 8.99. The van der Waals surface area contributed by atoms with E-state index in [1.165, 1.54) is 18.3 Å². The van der Waals surface area contributed by atoms with E-state index in [-0.39, 0.29) is 18.0 Å². The lowest BCUT2D eigenvalue weighted by atomic mass is 9.97. The van der Waals surface area contributed by atoms with Gasteiger partial charge in [0.2, 0.25) is 0 Å². The molecule has 5 nitrogen and oxygen atoms in total. The third-order valence-electron chi connectivity index (χ3n) is 4.93. The number of H-pyrrole nitrogens is 1. The van der Waals surface area contributed by atoms with Gasteiger partial charge in [0, 0.05) is 31.3 Å². The van der Waals surface area contributed by atoms with E-state index in [1.54, 1.807) is 31.2 Å². The quantitative estimate of drug-likeness (QED) is 0.274. The first-order chi connectivity index (χ1) is 14.7. The van der Waals surface area contributed by atoms with E-state index in [0.29, 0.717) is 42.3 Å². The molecule has 2 aromatic heterocycles. The van der Waals surface area contributed by atoms with E-state index in [0.717, 1.165) is 10.3 Å². The molecule has 0 aliphatic carbocycles. The van der Waals surface area contributed by atoms with Crippen LogP contribution in [0.15, 0.2) is 35.1 Å². The average Bonchev–Trinajstić information content (AvgIpc) is 3.04. The molecule has 0 saturated carbocycles. The molecule has 31 heavy (non-hydrogen) atoms. The zero-order valence-electron chi connectivity index (χ0n) is 16.9. The van der Waals surface area contributed by atoms with Crippen molar-refractivity contribution in [2.45, 2.75) is 20.8 Å². The molecule has 0 radical (unpaired) electrons. The van der Waals surface area contributed by atoms with Crippen LogP contribution in [0.2, 0.25) is 10.0 Å². The van der Waals surface area contributed by atoms with E-state index >= 15 is 0 Å². The number of thiophene rings is 1. The standard InChI is InChI=1S/C23H17Cl2NO4S/c1-4-30-23(29)14-7-10(2)8-16-18(14)20-21(31-16)19(17(11(3)27)22(28)26-20)13-6-5-12(24)9-15(13)25/h5-9H,4H2,1-3H3,(H,26,28). The Morgan fingerprint density at radius 3 is 2.55 bits per heavy atom. The molecule has 0 atom stereocenters. The predicted molar refractivity (Wildman–Crippen MR) is 126 cm³/mol. The monoisotopic (exact) mass is 473 g/mol. The Balaban J connectivity index is 2.22. The number of halogens is 2. The van der Waals surface area contributed by atoms with Gasteiger partial charge in [0.1, 0.15) is 0 Å². The highest BCUT2D eigenvalue weighted by atomic mass is 35.5. The number of benzene rings is 2. The number of aromatic nitrogens is 1. The molecule has 0 aliphatic rings. The number of aryl methyl sites for hydroxylation is 1. The number of ether oxygens (including phenoxy) is 1. The molecular weight excluding hydrogens is 457 g/mol. The first-order valence-corrected chi connectivity index (χ1v) is 11.1. The van der Waals surface area contributed by atoms with Gasteiger partial charge in [0.05, 0.1) is 28.0 Å². The first-order valence-electron chi connectivity index (χ1n) is 9.49. The fourth-order valence-electron chi connectivity index (χ4n) is 3.72. The van der Waals surface area contributed by atoms with Crippen LogP contribution in [0.4, 0.5) is 0 Å². The van der Waals surface area contributed by atoms with Crippen molar-refractivity contribution in [3.63, 3.8) is 0 Å². The van der Waals surface area contributed by atoms with E-state index in [1.807, 2.05) is 13.0 Å². The van der Waals surface area contributed by atoms with Crippen LogP contribution in [-0.2, 0) is 4.74 Å². The lowest BCUT2D eigenvalue weighted by molar-refractivity contribution is 0.0528. The van der Waals surface area contributed by atoms with Crippen LogP contribution in [0.5, 0.6) is 0 Å². The van der Waals surface area contributed by atoms with E-state index in [2.05, 4.69) is 4.98 Å². The number of aromatic amines is 1. The smallest absolute Gasteiger partial charge is 0.338 e. The number of pyridine rings is 1. The summed E-state index contributed by atoms with van der Waals surface area (Å²) in [6.07, 6.45) is 0. The number of carbonyl (C=O) groups is 2. The molecule has 2 heterocycles. The Morgan fingerprint density at radius 1 is 1.16 bits per heavy atom. The van der Waals surface area contributed by atoms with Crippen LogP contribution >= 0.6 is 34.5 Å². The molecule has 1 N–H and O–H groups in total. The maximum atomic E-state index is 13.0. The molecule has 0 aliphatic heterocycles. The van der Waals surface area contributed by atoms with Crippen LogP contribution < -0.4 is 5.56 Å². The van der Waals surface area contributed by atoms with Gasteiger partial charge < -0.3 is 9.72 Å². The first kappa shape index (κ1) is 21.6. The Hall–Kier alpha value is -2.67. The number of hydrogen-bond acceptors (Lipinski definition) is 5. The van der Waals surface area contributed by atoms with Crippen molar-refractivity contribution in [2.75, 3.05) is 6.61 Å². The summed E-state index contributed by atoms with van der Waals surface area (Å²) in [6, 6.07) is 8.58. The van der Waals surface area contributed by atoms with Crippen LogP contribution in [0.1, 0.15) is 40.1 Å². The lowest BCUT2D eigenvalue weighted by Crippen LogP contribution is -2.17. The minimum absolute atomic E-state index is 0.0117. The van der Waals surface area contributed by atoms with Gasteiger partial charge >= 0.3 is 5.97 Å². The third-order valence-corrected chi connectivity index (χ3v) is 6.63. The van der Waals surface area contributed by atoms with Gasteiger partial charge in [-0.15, -0.1) is 11.3 Å². The summed E-state index contributed by atoms with van der Waals surface area (Å²) in [6.45, 7) is 5.18. The van der Waals surface area contributed by atoms with Gasteiger partial charge in [-0.25, -0.2) is 4.79 Å². The zero-order chi connectivity index (χ0) is 22.4. The van der Waals surface area contributed by atoms with Gasteiger partial charge in [-0.3, -0.25) is 9.59 Å². The molecule has 0 amide bonds. The van der Waals surface area contributed by atoms with E-state index in [9.17, 15) is 14.4 Å². The maximum Gasteiger partial charge on any atom is 0.338 e. The highest BCUT2D eigenvalue weighted by Gasteiger charge is 2.25. The van der Waals surface area contributed by atoms with Crippen molar-refractivity contribution < 1.29 is 14.3 Å². The summed E-state index contributed by atoms with van der Waals surface area (Å²) in [7, 11) is 0. The third kappa shape index (κ3) is 3.65. The van der Waals surface area contributed by atoms with Gasteiger partial charge in [0.25, 0.3) is 5.56 Å². The van der Waals surface area contributed by atoms with Gasteiger partial charge in [-0.1, -0.05) is 29.3 Å². The lowest BCUT2D eigenvalue weighted by Gasteiger charge is -2.11. The Labute approximate surface area is 191 Å². The molecule has 0 unspecified atom stereocenters. The van der Waals surface area contributed by atoms with Gasteiger partial charge in [-0.05, 0) is 50.6 Å². The number of carbonyl (C=O) groups excluding carboxylic acids is 2. The summed E-state index contributed by atoms with van der Waals surface area (Å²) in [5.41, 5.74) is 2.13. The number of nitrogens with one attached hydrogen (secondary N) is 1. The zero-order valence-corrected chi connectivity index (χ0v) is 19.2. The minimum Gasteiger partial charge on any atom is -0.462 e. The molecule has 0 spiro atoms. The number of hydrogen-bond donors (Lipinski definition) is 1. The van der Waals surface area contributed by atoms with Crippen LogP contribution in [0, 0.1) is 6.92 Å². The molecule has 0 saturated heterocycles. The number of esters is 1. The van der Waals surface area contributed by atoms with Crippen molar-refractivity contribution in [1.82, 2.24) is 4.98 Å². The second-order valence-electron chi connectivity index (χ2n) is 7.10. The number of fused-ring (bicyclic) bond motifs is 3. The summed E-state index contributed by atoms with van der Waals surface area (Å²) in [5.74, 6) is -0.859. The van der Waals surface area contributed by atoms with Crippen molar-refractivity contribution in [3.8, 4) is 11.1 Å². The molecule has 158 valence electrons. The van der Waals surface area contributed by atoms with Gasteiger partial charge in [-0.2, -0.15) is 0 Å². The van der Waals surface area contributed by atoms with E-state index < -0.39 is 11.5 Å². The maximum absolute atomic E-state index is 13.0. The highest BCUT2D eigenvalue weighted by molar-refractivity contribution is 7.26. The number of Topliss-reactive ketones (excluding diaryl/α,β-unsaturated/α-hetero) is 1. The summed E-state index contributed by atoms with van der Waals surface area (Å²) in [4.78, 5) is 40.9. The van der Waals surface area contributed by atoms with Crippen molar-refractivity contribution in [1.29, 1.82) is 0 Å². The van der Waals surface area contributed by atoms with Crippen LogP contribution in [-0.4, -0.2) is 23.3 Å². The summed E-state index contributed by atoms with van der Waals surface area (Å²) in [5, 5.41) is 1.35. The molecular formula is C23H17Cl2NO4S. The molecule has 4 rings (SSSR count). The van der Waals surface area contributed by atoms with Crippen molar-refractivity contribution in [3.05, 3.63) is 67.4 Å². The predicted octanol–water partition coefficient (Wildman–Crippen LogP) is 6.40. The minimum atomic E-state index is -0.545. The molecule has 0 fully saturated rings. The normalized spacial score (nSPS) is 11.3. The molecule has 2 aromatic carbocycles. The fraction of sp³-hybridized carbons (Fsp3) is 0.174. The molecule has 0 bridgehead atoms.